The van der Waals surface area contributed by atoms with Gasteiger partial charge in [-0.15, -0.1) is 0 Å². The summed E-state index contributed by atoms with van der Waals surface area (Å²) in [5.41, 5.74) is -4.40. The van der Waals surface area contributed by atoms with E-state index in [0.717, 1.165) is 41.6 Å². The number of carbonyl (C=O) groups is 2. The van der Waals surface area contributed by atoms with Crippen LogP contribution in [0, 0.1) is 0 Å². The van der Waals surface area contributed by atoms with E-state index in [1.165, 1.54) is 0 Å². The molecule has 0 bridgehead atoms. The molecule has 38 heavy (non-hydrogen) atoms. The lowest BCUT2D eigenvalue weighted by atomic mass is 9.89. The van der Waals surface area contributed by atoms with Crippen molar-refractivity contribution < 1.29 is 40.7 Å². The Morgan fingerprint density at radius 1 is 0.895 bits per heavy atom. The highest BCUT2D eigenvalue weighted by Crippen LogP contribution is 2.36. The summed E-state index contributed by atoms with van der Waals surface area (Å²) in [6, 6.07) is 4.52. The summed E-state index contributed by atoms with van der Waals surface area (Å²) in [6.45, 7) is 1.58. The number of piperidine rings is 1. The molecule has 2 amide bonds. The Balaban J connectivity index is 1.66. The molecule has 2 fully saturated rings. The van der Waals surface area contributed by atoms with E-state index in [-0.39, 0.29) is 31.7 Å². The minimum absolute atomic E-state index is 0.0212. The number of carbonyl (C=O) groups excluding carboxylic acids is 2. The number of rotatable bonds is 4. The molecule has 0 spiro atoms. The number of aromatic nitrogens is 1. The molecule has 0 aliphatic carbocycles. The summed E-state index contributed by atoms with van der Waals surface area (Å²) in [6.07, 6.45) is -7.24. The van der Waals surface area contributed by atoms with Crippen LogP contribution < -0.4 is 4.74 Å². The third-order valence-electron chi connectivity index (χ3n) is 6.77. The summed E-state index contributed by atoms with van der Waals surface area (Å²) in [5, 5.41) is 0. The predicted molar refractivity (Wildman–Crippen MR) is 123 cm³/mol. The smallest absolute Gasteiger partial charge is 0.417 e. The van der Waals surface area contributed by atoms with Gasteiger partial charge in [0.15, 0.2) is 0 Å². The third kappa shape index (κ3) is 5.87. The van der Waals surface area contributed by atoms with Gasteiger partial charge in [-0.1, -0.05) is 0 Å². The molecular formula is C25H26F6N4O3. The molecule has 2 saturated heterocycles. The quantitative estimate of drug-likeness (QED) is 0.546. The molecule has 0 saturated carbocycles. The predicted octanol–water partition coefficient (Wildman–Crippen LogP) is 3.95. The molecule has 2 aliphatic rings. The number of alkyl halides is 6. The fraction of sp³-hybridized carbons (Fsp3) is 0.480. The Hall–Kier alpha value is -3.35. The number of likely N-dealkylation sites (tertiary alicyclic amines) is 1. The van der Waals surface area contributed by atoms with Crippen molar-refractivity contribution in [2.45, 2.75) is 30.8 Å². The largest absolute Gasteiger partial charge is 0.476 e. The molecule has 7 nitrogen and oxygen atoms in total. The number of nitrogens with zero attached hydrogens (tertiary/aromatic N) is 4. The number of piperazine rings is 1. The SMILES string of the molecule is CN1CCN(C(=O)C2(Oc3ccc(C(F)(F)F)cc3)CCCN(C(=O)c3cnccc3C(F)(F)F)C2)CC1. The first-order chi connectivity index (χ1) is 17.8. The number of amides is 2. The van der Waals surface area contributed by atoms with Crippen molar-refractivity contribution in [1.29, 1.82) is 0 Å². The highest BCUT2D eigenvalue weighted by atomic mass is 19.4. The monoisotopic (exact) mass is 544 g/mol. The van der Waals surface area contributed by atoms with Crippen molar-refractivity contribution in [2.75, 3.05) is 46.3 Å². The van der Waals surface area contributed by atoms with E-state index in [1.807, 2.05) is 11.9 Å². The van der Waals surface area contributed by atoms with Crippen LogP contribution in [0.15, 0.2) is 42.7 Å². The van der Waals surface area contributed by atoms with Gasteiger partial charge in [0.05, 0.1) is 23.2 Å². The van der Waals surface area contributed by atoms with Gasteiger partial charge in [-0.25, -0.2) is 0 Å². The minimum Gasteiger partial charge on any atom is -0.476 e. The van der Waals surface area contributed by atoms with Crippen LogP contribution >= 0.6 is 0 Å². The molecule has 1 aromatic carbocycles. The molecular weight excluding hydrogens is 518 g/mol. The first-order valence-electron chi connectivity index (χ1n) is 11.9. The van der Waals surface area contributed by atoms with Crippen LogP contribution in [0.1, 0.15) is 34.3 Å². The van der Waals surface area contributed by atoms with E-state index in [0.29, 0.717) is 32.2 Å². The highest BCUT2D eigenvalue weighted by molar-refractivity contribution is 5.96. The van der Waals surface area contributed by atoms with Crippen molar-refractivity contribution in [1.82, 2.24) is 19.7 Å². The van der Waals surface area contributed by atoms with E-state index < -0.39 is 46.5 Å². The van der Waals surface area contributed by atoms with Gasteiger partial charge < -0.3 is 19.4 Å². The van der Waals surface area contributed by atoms with Gasteiger partial charge in [0.2, 0.25) is 5.60 Å². The van der Waals surface area contributed by atoms with Crippen LogP contribution in [0.4, 0.5) is 26.3 Å². The number of benzene rings is 1. The number of ether oxygens (including phenoxy) is 1. The zero-order valence-electron chi connectivity index (χ0n) is 20.5. The van der Waals surface area contributed by atoms with Crippen molar-refractivity contribution in [3.8, 4) is 5.75 Å². The van der Waals surface area contributed by atoms with Crippen LogP contribution in [0.5, 0.6) is 5.75 Å². The minimum atomic E-state index is -4.80. The summed E-state index contributed by atoms with van der Waals surface area (Å²) in [4.78, 5) is 35.5. The second-order valence-corrected chi connectivity index (χ2v) is 9.46. The first-order valence-corrected chi connectivity index (χ1v) is 11.9. The maximum Gasteiger partial charge on any atom is 0.417 e. The second-order valence-electron chi connectivity index (χ2n) is 9.46. The average molecular weight is 544 g/mol. The van der Waals surface area contributed by atoms with Gasteiger partial charge in [0, 0.05) is 45.1 Å². The zero-order chi connectivity index (χ0) is 27.7. The van der Waals surface area contributed by atoms with Gasteiger partial charge in [0.1, 0.15) is 5.75 Å². The molecule has 4 rings (SSSR count). The Bertz CT molecular complexity index is 1160. The molecule has 13 heteroatoms. The van der Waals surface area contributed by atoms with Gasteiger partial charge >= 0.3 is 12.4 Å². The number of halogens is 6. The van der Waals surface area contributed by atoms with E-state index in [4.69, 9.17) is 4.74 Å². The lowest BCUT2D eigenvalue weighted by Gasteiger charge is -2.45. The maximum atomic E-state index is 13.8. The number of hydrogen-bond acceptors (Lipinski definition) is 5. The molecule has 0 N–H and O–H groups in total. The number of likely N-dealkylation sites (N-methyl/N-ethyl adjacent to an activating group) is 1. The van der Waals surface area contributed by atoms with E-state index in [2.05, 4.69) is 4.98 Å². The summed E-state index contributed by atoms with van der Waals surface area (Å²) >= 11 is 0. The fourth-order valence-electron chi connectivity index (χ4n) is 4.71. The number of hydrogen-bond donors (Lipinski definition) is 0. The molecule has 1 atom stereocenters. The fourth-order valence-corrected chi connectivity index (χ4v) is 4.71. The third-order valence-corrected chi connectivity index (χ3v) is 6.77. The molecule has 206 valence electrons. The maximum absolute atomic E-state index is 13.8. The first kappa shape index (κ1) is 27.7. The van der Waals surface area contributed by atoms with Crippen molar-refractivity contribution >= 4 is 11.8 Å². The summed E-state index contributed by atoms with van der Waals surface area (Å²) in [7, 11) is 1.89. The van der Waals surface area contributed by atoms with E-state index in [9.17, 15) is 35.9 Å². The molecule has 1 aromatic heterocycles. The van der Waals surface area contributed by atoms with Crippen molar-refractivity contribution in [3.63, 3.8) is 0 Å². The van der Waals surface area contributed by atoms with E-state index in [1.54, 1.807) is 4.90 Å². The lowest BCUT2D eigenvalue weighted by molar-refractivity contribution is -0.154. The molecule has 1 unspecified atom stereocenters. The van der Waals surface area contributed by atoms with Gasteiger partial charge in [-0.2, -0.15) is 26.3 Å². The lowest BCUT2D eigenvalue weighted by Crippen LogP contribution is -2.64. The average Bonchev–Trinajstić information content (AvgIpc) is 2.88. The summed E-state index contributed by atoms with van der Waals surface area (Å²) < 4.78 is 85.9. The van der Waals surface area contributed by atoms with Crippen LogP contribution in [0.2, 0.25) is 0 Å². The Morgan fingerprint density at radius 3 is 2.16 bits per heavy atom. The molecule has 2 aromatic rings. The van der Waals surface area contributed by atoms with Gasteiger partial charge in [-0.05, 0) is 50.2 Å². The van der Waals surface area contributed by atoms with Crippen LogP contribution in [0.3, 0.4) is 0 Å². The van der Waals surface area contributed by atoms with Crippen LogP contribution in [0.25, 0.3) is 0 Å². The van der Waals surface area contributed by atoms with Crippen LogP contribution in [-0.4, -0.2) is 83.4 Å². The second kappa shape index (κ2) is 10.4. The molecule has 2 aliphatic heterocycles. The van der Waals surface area contributed by atoms with Gasteiger partial charge in [-0.3, -0.25) is 14.6 Å². The highest BCUT2D eigenvalue weighted by Gasteiger charge is 2.49. The molecule has 3 heterocycles. The van der Waals surface area contributed by atoms with Gasteiger partial charge in [0.25, 0.3) is 11.8 Å². The number of pyridine rings is 1. The topological polar surface area (TPSA) is 66.0 Å². The zero-order valence-corrected chi connectivity index (χ0v) is 20.5. The Kier molecular flexibility index (Phi) is 7.60. The Labute approximate surface area is 215 Å². The van der Waals surface area contributed by atoms with Crippen molar-refractivity contribution in [3.05, 3.63) is 59.4 Å². The van der Waals surface area contributed by atoms with E-state index >= 15 is 0 Å². The normalized spacial score (nSPS) is 21.3. The van der Waals surface area contributed by atoms with Crippen LogP contribution in [-0.2, 0) is 17.1 Å². The Morgan fingerprint density at radius 2 is 1.55 bits per heavy atom. The summed E-state index contributed by atoms with van der Waals surface area (Å²) in [5.74, 6) is -1.45. The standard InChI is InChI=1S/C25H26F6N4O3/c1-33-11-13-34(14-12-33)22(37)23(38-18-5-3-17(4-6-18)24(26,27)28)8-2-10-35(16-23)21(36)19-15-32-9-7-20(19)25(29,30)31/h3-7,9,15H,2,8,10-14,16H2,1H3. The molecule has 0 radical (unpaired) electrons. The van der Waals surface area contributed by atoms with Crippen molar-refractivity contribution in [2.24, 2.45) is 0 Å².